The highest BCUT2D eigenvalue weighted by Crippen LogP contribution is 2.23. The number of amides is 1. The highest BCUT2D eigenvalue weighted by atomic mass is 19.1. The molecule has 1 N–H and O–H groups in total. The van der Waals surface area contributed by atoms with Gasteiger partial charge in [-0.05, 0) is 31.4 Å². The van der Waals surface area contributed by atoms with Crippen LogP contribution in [0.3, 0.4) is 0 Å². The summed E-state index contributed by atoms with van der Waals surface area (Å²) in [5.74, 6) is -0.405. The molecular formula is C26H27FN4O2. The first-order chi connectivity index (χ1) is 15.9. The van der Waals surface area contributed by atoms with Crippen molar-refractivity contribution in [2.75, 3.05) is 6.54 Å². The van der Waals surface area contributed by atoms with Gasteiger partial charge in [-0.2, -0.15) is 5.10 Å². The van der Waals surface area contributed by atoms with Crippen LogP contribution >= 0.6 is 0 Å². The number of carbonyl (C=O) groups excluding carboxylic acids is 1. The summed E-state index contributed by atoms with van der Waals surface area (Å²) in [5.41, 5.74) is 2.92. The van der Waals surface area contributed by atoms with Gasteiger partial charge in [0.2, 0.25) is 5.91 Å². The van der Waals surface area contributed by atoms with E-state index in [1.54, 1.807) is 24.4 Å². The Morgan fingerprint density at radius 3 is 2.48 bits per heavy atom. The van der Waals surface area contributed by atoms with Crippen molar-refractivity contribution in [1.29, 1.82) is 0 Å². The van der Waals surface area contributed by atoms with Crippen LogP contribution in [0, 0.1) is 19.7 Å². The predicted octanol–water partition coefficient (Wildman–Crippen LogP) is 3.92. The first-order valence-electron chi connectivity index (χ1n) is 11.0. The predicted molar refractivity (Wildman–Crippen MR) is 127 cm³/mol. The molecule has 0 saturated heterocycles. The maximum absolute atomic E-state index is 14.2. The average Bonchev–Trinajstić information content (AvgIpc) is 3.06. The third-order valence-corrected chi connectivity index (χ3v) is 6.16. The average molecular weight is 447 g/mol. The second-order valence-electron chi connectivity index (χ2n) is 8.36. The summed E-state index contributed by atoms with van der Waals surface area (Å²) in [7, 11) is 0. The zero-order valence-corrected chi connectivity index (χ0v) is 19.0. The Balaban J connectivity index is 1.54. The standard InChI is InChI=1S/C26H27FN4O2/c1-17(20-9-5-4-6-10-20)13-28-24(32)16-31-26(33)25-19(3)30(18(2)22(25)14-29-31)15-21-11-7-8-12-23(21)27/h4-12,14,17H,13,15-16H2,1-3H3,(H,28,32)/t17-/m0/s1. The molecule has 2 aromatic heterocycles. The summed E-state index contributed by atoms with van der Waals surface area (Å²) in [5, 5.41) is 8.33. The fourth-order valence-electron chi connectivity index (χ4n) is 4.15. The lowest BCUT2D eigenvalue weighted by atomic mass is 10.0. The van der Waals surface area contributed by atoms with E-state index in [1.165, 1.54) is 10.7 Å². The third-order valence-electron chi connectivity index (χ3n) is 6.16. The van der Waals surface area contributed by atoms with Crippen molar-refractivity contribution in [1.82, 2.24) is 19.7 Å². The van der Waals surface area contributed by atoms with Crippen molar-refractivity contribution in [3.8, 4) is 0 Å². The summed E-state index contributed by atoms with van der Waals surface area (Å²) in [6, 6.07) is 16.5. The number of aromatic nitrogens is 3. The Bertz CT molecular complexity index is 1360. The van der Waals surface area contributed by atoms with E-state index >= 15 is 0 Å². The van der Waals surface area contributed by atoms with Gasteiger partial charge in [0, 0.05) is 28.9 Å². The van der Waals surface area contributed by atoms with Gasteiger partial charge in [0.1, 0.15) is 12.4 Å². The molecule has 0 unspecified atom stereocenters. The van der Waals surface area contributed by atoms with Crippen molar-refractivity contribution >= 4 is 16.7 Å². The quantitative estimate of drug-likeness (QED) is 0.468. The molecule has 33 heavy (non-hydrogen) atoms. The van der Waals surface area contributed by atoms with Crippen LogP contribution in [0.1, 0.15) is 35.4 Å². The Labute approximate surface area is 191 Å². The molecule has 0 aliphatic rings. The van der Waals surface area contributed by atoms with Gasteiger partial charge < -0.3 is 9.88 Å². The molecule has 2 heterocycles. The number of fused-ring (bicyclic) bond motifs is 1. The molecule has 170 valence electrons. The Morgan fingerprint density at radius 2 is 1.76 bits per heavy atom. The number of rotatable bonds is 7. The third kappa shape index (κ3) is 4.58. The summed E-state index contributed by atoms with van der Waals surface area (Å²) in [6.45, 7) is 6.39. The zero-order valence-electron chi connectivity index (χ0n) is 19.0. The van der Waals surface area contributed by atoms with E-state index in [0.717, 1.165) is 17.0 Å². The van der Waals surface area contributed by atoms with Crippen molar-refractivity contribution in [3.05, 3.63) is 99.5 Å². The lowest BCUT2D eigenvalue weighted by Crippen LogP contribution is -2.35. The Kier molecular flexibility index (Phi) is 6.40. The number of nitrogens with one attached hydrogen (secondary N) is 1. The summed E-state index contributed by atoms with van der Waals surface area (Å²) >= 11 is 0. The molecule has 1 amide bonds. The molecule has 0 bridgehead atoms. The number of benzene rings is 2. The summed E-state index contributed by atoms with van der Waals surface area (Å²) in [6.07, 6.45) is 1.61. The van der Waals surface area contributed by atoms with Crippen LogP contribution in [-0.2, 0) is 17.9 Å². The molecule has 7 heteroatoms. The minimum atomic E-state index is -0.327. The summed E-state index contributed by atoms with van der Waals surface area (Å²) < 4.78 is 17.3. The molecule has 4 aromatic rings. The Morgan fingerprint density at radius 1 is 1.06 bits per heavy atom. The summed E-state index contributed by atoms with van der Waals surface area (Å²) in [4.78, 5) is 25.7. The first kappa shape index (κ1) is 22.5. The van der Waals surface area contributed by atoms with E-state index in [9.17, 15) is 14.0 Å². The minimum absolute atomic E-state index is 0.152. The molecule has 0 radical (unpaired) electrons. The first-order valence-corrected chi connectivity index (χ1v) is 11.0. The van der Waals surface area contributed by atoms with E-state index in [1.807, 2.05) is 55.7 Å². The number of nitrogens with zero attached hydrogens (tertiary/aromatic N) is 3. The maximum Gasteiger partial charge on any atom is 0.276 e. The van der Waals surface area contributed by atoms with Gasteiger partial charge in [-0.3, -0.25) is 9.59 Å². The number of hydrogen-bond acceptors (Lipinski definition) is 3. The number of carbonyl (C=O) groups is 1. The fourth-order valence-corrected chi connectivity index (χ4v) is 4.15. The highest BCUT2D eigenvalue weighted by Gasteiger charge is 2.18. The number of hydrogen-bond donors (Lipinski definition) is 1. The van der Waals surface area contributed by atoms with Crippen molar-refractivity contribution in [2.24, 2.45) is 0 Å². The number of halogens is 1. The van der Waals surface area contributed by atoms with E-state index in [-0.39, 0.29) is 29.7 Å². The van der Waals surface area contributed by atoms with E-state index in [2.05, 4.69) is 10.4 Å². The van der Waals surface area contributed by atoms with Gasteiger partial charge in [-0.1, -0.05) is 55.5 Å². The zero-order chi connectivity index (χ0) is 23.5. The monoisotopic (exact) mass is 446 g/mol. The molecule has 0 spiro atoms. The Hall–Kier alpha value is -3.74. The van der Waals surface area contributed by atoms with E-state index in [4.69, 9.17) is 0 Å². The van der Waals surface area contributed by atoms with Gasteiger partial charge in [0.05, 0.1) is 18.1 Å². The number of aryl methyl sites for hydroxylation is 2. The topological polar surface area (TPSA) is 68.9 Å². The molecule has 2 aromatic carbocycles. The van der Waals surface area contributed by atoms with Crippen LogP contribution < -0.4 is 10.9 Å². The van der Waals surface area contributed by atoms with E-state index < -0.39 is 0 Å². The van der Waals surface area contributed by atoms with Crippen LogP contribution in [-0.4, -0.2) is 26.8 Å². The van der Waals surface area contributed by atoms with Crippen molar-refractivity contribution in [3.63, 3.8) is 0 Å². The second-order valence-corrected chi connectivity index (χ2v) is 8.36. The van der Waals surface area contributed by atoms with Crippen LogP contribution in [0.4, 0.5) is 4.39 Å². The lowest BCUT2D eigenvalue weighted by Gasteiger charge is -2.13. The largest absolute Gasteiger partial charge is 0.354 e. The van der Waals surface area contributed by atoms with Crippen LogP contribution in [0.15, 0.2) is 65.6 Å². The smallest absolute Gasteiger partial charge is 0.276 e. The van der Waals surface area contributed by atoms with Gasteiger partial charge in [-0.25, -0.2) is 9.07 Å². The van der Waals surface area contributed by atoms with Gasteiger partial charge in [0.25, 0.3) is 5.56 Å². The van der Waals surface area contributed by atoms with Gasteiger partial charge in [-0.15, -0.1) is 0 Å². The normalized spacial score (nSPS) is 12.1. The molecule has 0 fully saturated rings. The molecule has 1 atom stereocenters. The van der Waals surface area contributed by atoms with Crippen molar-refractivity contribution < 1.29 is 9.18 Å². The molecule has 0 aliphatic heterocycles. The maximum atomic E-state index is 14.2. The molecule has 0 aliphatic carbocycles. The minimum Gasteiger partial charge on any atom is -0.354 e. The molecule has 6 nitrogen and oxygen atoms in total. The lowest BCUT2D eigenvalue weighted by molar-refractivity contribution is -0.121. The molecule has 4 rings (SSSR count). The van der Waals surface area contributed by atoms with Gasteiger partial charge >= 0.3 is 0 Å². The van der Waals surface area contributed by atoms with Crippen LogP contribution in [0.25, 0.3) is 10.8 Å². The van der Waals surface area contributed by atoms with Crippen LogP contribution in [0.2, 0.25) is 0 Å². The van der Waals surface area contributed by atoms with Crippen LogP contribution in [0.5, 0.6) is 0 Å². The highest BCUT2D eigenvalue weighted by molar-refractivity contribution is 5.87. The molecular weight excluding hydrogens is 419 g/mol. The van der Waals surface area contributed by atoms with E-state index in [0.29, 0.717) is 29.4 Å². The fraction of sp³-hybridized carbons (Fsp3) is 0.269. The molecule has 0 saturated carbocycles. The SMILES string of the molecule is Cc1c2cnn(CC(=O)NC[C@H](C)c3ccccc3)c(=O)c2c(C)n1Cc1ccccc1F. The van der Waals surface area contributed by atoms with Crippen molar-refractivity contribution in [2.45, 2.75) is 39.8 Å². The van der Waals surface area contributed by atoms with Gasteiger partial charge in [0.15, 0.2) is 0 Å². The second kappa shape index (κ2) is 9.40.